The topological polar surface area (TPSA) is 55.1 Å². The zero-order chi connectivity index (χ0) is 12.6. The molecule has 2 bridgehead atoms. The van der Waals surface area contributed by atoms with Gasteiger partial charge in [-0.15, -0.1) is 0 Å². The lowest BCUT2D eigenvalue weighted by atomic mass is 9.80. The molecule has 0 aromatic rings. The second-order valence-electron chi connectivity index (χ2n) is 6.82. The van der Waals surface area contributed by atoms with E-state index < -0.39 is 0 Å². The Morgan fingerprint density at radius 3 is 2.50 bits per heavy atom. The van der Waals surface area contributed by atoms with Crippen LogP contribution >= 0.6 is 0 Å². The first-order valence-electron chi connectivity index (χ1n) is 7.74. The van der Waals surface area contributed by atoms with Gasteiger partial charge in [0.15, 0.2) is 0 Å². The van der Waals surface area contributed by atoms with Crippen LogP contribution in [-0.2, 0) is 4.79 Å². The van der Waals surface area contributed by atoms with Crippen molar-refractivity contribution < 1.29 is 4.79 Å². The van der Waals surface area contributed by atoms with E-state index in [9.17, 15) is 4.79 Å². The van der Waals surface area contributed by atoms with E-state index >= 15 is 0 Å². The number of carbonyl (C=O) groups is 1. The van der Waals surface area contributed by atoms with E-state index in [2.05, 4.69) is 5.32 Å². The van der Waals surface area contributed by atoms with Crippen molar-refractivity contribution in [3.8, 4) is 0 Å². The Labute approximate surface area is 110 Å². The Bertz CT molecular complexity index is 322. The molecule has 3 heteroatoms. The molecule has 102 valence electrons. The molecule has 0 spiro atoms. The molecule has 0 saturated heterocycles. The Morgan fingerprint density at radius 1 is 1.17 bits per heavy atom. The first-order valence-corrected chi connectivity index (χ1v) is 7.74. The van der Waals surface area contributed by atoms with E-state index in [0.29, 0.717) is 24.3 Å². The standard InChI is InChI=1S/C15H26N2O/c16-10-15(6-2-1-3-7-15)17-14(18)13-9-11-4-5-12(13)8-11/h11-13H,1-10,16H2,(H,17,18). The number of fused-ring (bicyclic) bond motifs is 2. The summed E-state index contributed by atoms with van der Waals surface area (Å²) in [7, 11) is 0. The Morgan fingerprint density at radius 2 is 1.94 bits per heavy atom. The molecular formula is C15H26N2O. The van der Waals surface area contributed by atoms with Gasteiger partial charge < -0.3 is 11.1 Å². The van der Waals surface area contributed by atoms with Crippen molar-refractivity contribution in [1.82, 2.24) is 5.32 Å². The Kier molecular flexibility index (Phi) is 3.35. The highest BCUT2D eigenvalue weighted by Gasteiger charge is 2.44. The van der Waals surface area contributed by atoms with Gasteiger partial charge in [0.05, 0.1) is 5.54 Å². The summed E-state index contributed by atoms with van der Waals surface area (Å²) in [6, 6.07) is 0. The lowest BCUT2D eigenvalue weighted by molar-refractivity contribution is -0.128. The molecule has 0 aromatic carbocycles. The van der Waals surface area contributed by atoms with Crippen LogP contribution in [0.25, 0.3) is 0 Å². The lowest BCUT2D eigenvalue weighted by Gasteiger charge is -2.38. The summed E-state index contributed by atoms with van der Waals surface area (Å²) in [6.45, 7) is 0.611. The summed E-state index contributed by atoms with van der Waals surface area (Å²) in [5.41, 5.74) is 5.87. The largest absolute Gasteiger partial charge is 0.349 e. The molecule has 3 nitrogen and oxygen atoms in total. The van der Waals surface area contributed by atoms with Crippen LogP contribution in [0.3, 0.4) is 0 Å². The summed E-state index contributed by atoms with van der Waals surface area (Å²) in [5.74, 6) is 2.13. The molecule has 0 radical (unpaired) electrons. The summed E-state index contributed by atoms with van der Waals surface area (Å²) < 4.78 is 0. The van der Waals surface area contributed by atoms with Crippen LogP contribution in [0.4, 0.5) is 0 Å². The molecule has 3 atom stereocenters. The van der Waals surface area contributed by atoms with Crippen LogP contribution in [0.5, 0.6) is 0 Å². The van der Waals surface area contributed by atoms with Crippen LogP contribution in [0.1, 0.15) is 57.8 Å². The maximum Gasteiger partial charge on any atom is 0.223 e. The molecule has 3 unspecified atom stereocenters. The van der Waals surface area contributed by atoms with Gasteiger partial charge in [0, 0.05) is 12.5 Å². The van der Waals surface area contributed by atoms with Gasteiger partial charge in [0.1, 0.15) is 0 Å². The van der Waals surface area contributed by atoms with E-state index in [1.54, 1.807) is 0 Å². The van der Waals surface area contributed by atoms with Gasteiger partial charge in [-0.05, 0) is 43.9 Å². The van der Waals surface area contributed by atoms with E-state index in [4.69, 9.17) is 5.73 Å². The van der Waals surface area contributed by atoms with Crippen LogP contribution in [-0.4, -0.2) is 18.0 Å². The quantitative estimate of drug-likeness (QED) is 0.807. The van der Waals surface area contributed by atoms with Crippen molar-refractivity contribution in [3.05, 3.63) is 0 Å². The smallest absolute Gasteiger partial charge is 0.223 e. The molecule has 3 aliphatic rings. The minimum absolute atomic E-state index is 0.0723. The third-order valence-corrected chi connectivity index (χ3v) is 5.66. The predicted molar refractivity (Wildman–Crippen MR) is 72.0 cm³/mol. The molecule has 1 amide bonds. The second-order valence-corrected chi connectivity index (χ2v) is 6.82. The lowest BCUT2D eigenvalue weighted by Crippen LogP contribution is -2.56. The van der Waals surface area contributed by atoms with Crippen molar-refractivity contribution in [3.63, 3.8) is 0 Å². The number of hydrogen-bond donors (Lipinski definition) is 2. The highest BCUT2D eigenvalue weighted by atomic mass is 16.2. The van der Waals surface area contributed by atoms with Gasteiger partial charge in [-0.3, -0.25) is 4.79 Å². The second kappa shape index (κ2) is 4.84. The SMILES string of the molecule is NCC1(NC(=O)C2CC3CCC2C3)CCCCC1. The van der Waals surface area contributed by atoms with Crippen LogP contribution < -0.4 is 11.1 Å². The molecule has 3 saturated carbocycles. The van der Waals surface area contributed by atoms with Gasteiger partial charge in [0.25, 0.3) is 0 Å². The van der Waals surface area contributed by atoms with Gasteiger partial charge in [-0.1, -0.05) is 25.7 Å². The average Bonchev–Trinajstić information content (AvgIpc) is 3.02. The number of hydrogen-bond acceptors (Lipinski definition) is 2. The van der Waals surface area contributed by atoms with E-state index in [0.717, 1.165) is 25.2 Å². The molecule has 3 aliphatic carbocycles. The van der Waals surface area contributed by atoms with Gasteiger partial charge in [-0.2, -0.15) is 0 Å². The summed E-state index contributed by atoms with van der Waals surface area (Å²) in [5, 5.41) is 3.34. The van der Waals surface area contributed by atoms with Crippen LogP contribution in [0.2, 0.25) is 0 Å². The molecule has 0 aromatic heterocycles. The first-order chi connectivity index (χ1) is 8.72. The fourth-order valence-corrected chi connectivity index (χ4v) is 4.53. The van der Waals surface area contributed by atoms with E-state index in [-0.39, 0.29) is 5.54 Å². The van der Waals surface area contributed by atoms with Crippen molar-refractivity contribution in [1.29, 1.82) is 0 Å². The number of carbonyl (C=O) groups excluding carboxylic acids is 1. The molecule has 3 rings (SSSR count). The van der Waals surface area contributed by atoms with Crippen LogP contribution in [0, 0.1) is 17.8 Å². The summed E-state index contributed by atoms with van der Waals surface area (Å²) in [4.78, 5) is 12.5. The predicted octanol–water partition coefficient (Wildman–Crippen LogP) is 2.20. The van der Waals surface area contributed by atoms with Crippen molar-refractivity contribution in [2.24, 2.45) is 23.5 Å². The maximum absolute atomic E-state index is 12.5. The highest BCUT2D eigenvalue weighted by Crippen LogP contribution is 2.48. The molecule has 3 N–H and O–H groups in total. The summed E-state index contributed by atoms with van der Waals surface area (Å²) in [6.07, 6.45) is 11.0. The fraction of sp³-hybridized carbons (Fsp3) is 0.933. The zero-order valence-corrected chi connectivity index (χ0v) is 11.3. The molecule has 18 heavy (non-hydrogen) atoms. The summed E-state index contributed by atoms with van der Waals surface area (Å²) >= 11 is 0. The third-order valence-electron chi connectivity index (χ3n) is 5.66. The molecule has 0 heterocycles. The number of nitrogens with one attached hydrogen (secondary N) is 1. The van der Waals surface area contributed by atoms with Gasteiger partial charge in [0.2, 0.25) is 5.91 Å². The van der Waals surface area contributed by atoms with Gasteiger partial charge in [-0.25, -0.2) is 0 Å². The molecule has 3 fully saturated rings. The number of amides is 1. The monoisotopic (exact) mass is 250 g/mol. The van der Waals surface area contributed by atoms with E-state index in [1.807, 2.05) is 0 Å². The van der Waals surface area contributed by atoms with E-state index in [1.165, 1.54) is 38.5 Å². The van der Waals surface area contributed by atoms with Crippen molar-refractivity contribution in [2.75, 3.05) is 6.54 Å². The van der Waals surface area contributed by atoms with Crippen molar-refractivity contribution in [2.45, 2.75) is 63.3 Å². The highest BCUT2D eigenvalue weighted by molar-refractivity contribution is 5.80. The fourth-order valence-electron chi connectivity index (χ4n) is 4.53. The minimum Gasteiger partial charge on any atom is -0.349 e. The minimum atomic E-state index is -0.0723. The van der Waals surface area contributed by atoms with Crippen molar-refractivity contribution >= 4 is 5.91 Å². The van der Waals surface area contributed by atoms with Crippen LogP contribution in [0.15, 0.2) is 0 Å². The van der Waals surface area contributed by atoms with Gasteiger partial charge >= 0.3 is 0 Å². The Balaban J connectivity index is 1.62. The zero-order valence-electron chi connectivity index (χ0n) is 11.3. The Hall–Kier alpha value is -0.570. The number of rotatable bonds is 3. The average molecular weight is 250 g/mol. The molecule has 0 aliphatic heterocycles. The normalized spacial score (nSPS) is 37.7. The first kappa shape index (κ1) is 12.5. The third kappa shape index (κ3) is 2.18. The molecular weight excluding hydrogens is 224 g/mol. The maximum atomic E-state index is 12.5. The number of nitrogens with two attached hydrogens (primary N) is 1.